The van der Waals surface area contributed by atoms with E-state index in [4.69, 9.17) is 0 Å². The SMILES string of the molecule is C=CC(=O)OCCC.CN(C)C.Cl. The van der Waals surface area contributed by atoms with E-state index in [2.05, 4.69) is 11.3 Å². The van der Waals surface area contributed by atoms with Gasteiger partial charge in [-0.2, -0.15) is 0 Å². The van der Waals surface area contributed by atoms with Crippen LogP contribution in [0.25, 0.3) is 0 Å². The van der Waals surface area contributed by atoms with Crippen LogP contribution in [0.4, 0.5) is 0 Å². The zero-order valence-corrected chi connectivity index (χ0v) is 9.69. The van der Waals surface area contributed by atoms with E-state index in [1.807, 2.05) is 33.0 Å². The summed E-state index contributed by atoms with van der Waals surface area (Å²) < 4.78 is 4.58. The van der Waals surface area contributed by atoms with Gasteiger partial charge >= 0.3 is 5.97 Å². The standard InChI is InChI=1S/C6H10O2.C3H9N.ClH/c1-3-5-8-6(7)4-2;1-4(2)3;/h4H,2-3,5H2,1H3;1-3H3;1H. The molecule has 0 unspecified atom stereocenters. The number of hydrogen-bond acceptors (Lipinski definition) is 3. The monoisotopic (exact) mass is 209 g/mol. The molecule has 3 nitrogen and oxygen atoms in total. The van der Waals surface area contributed by atoms with E-state index in [1.165, 1.54) is 0 Å². The topological polar surface area (TPSA) is 29.5 Å². The predicted molar refractivity (Wildman–Crippen MR) is 58.3 cm³/mol. The molecular weight excluding hydrogens is 190 g/mol. The smallest absolute Gasteiger partial charge is 0.330 e. The molecule has 0 aliphatic carbocycles. The number of halogens is 1. The van der Waals surface area contributed by atoms with Crippen LogP contribution in [0.15, 0.2) is 12.7 Å². The molecule has 0 fully saturated rings. The summed E-state index contributed by atoms with van der Waals surface area (Å²) in [6, 6.07) is 0. The van der Waals surface area contributed by atoms with Crippen molar-refractivity contribution in [2.45, 2.75) is 13.3 Å². The van der Waals surface area contributed by atoms with Crippen molar-refractivity contribution in [1.82, 2.24) is 4.90 Å². The van der Waals surface area contributed by atoms with E-state index >= 15 is 0 Å². The van der Waals surface area contributed by atoms with Crippen molar-refractivity contribution in [3.63, 3.8) is 0 Å². The molecule has 0 N–H and O–H groups in total. The fourth-order valence-corrected chi connectivity index (χ4v) is 0.262. The van der Waals surface area contributed by atoms with Crippen molar-refractivity contribution in [3.8, 4) is 0 Å². The molecular formula is C9H20ClNO2. The number of ether oxygens (including phenoxy) is 1. The molecule has 13 heavy (non-hydrogen) atoms. The van der Waals surface area contributed by atoms with Gasteiger partial charge in [0.05, 0.1) is 6.61 Å². The summed E-state index contributed by atoms with van der Waals surface area (Å²) in [5.41, 5.74) is 0. The van der Waals surface area contributed by atoms with Crippen LogP contribution in [0.5, 0.6) is 0 Å². The van der Waals surface area contributed by atoms with Gasteiger partial charge in [0.25, 0.3) is 0 Å². The maximum atomic E-state index is 10.2. The summed E-state index contributed by atoms with van der Waals surface area (Å²) in [5.74, 6) is -0.341. The fourth-order valence-electron chi connectivity index (χ4n) is 0.262. The third kappa shape index (κ3) is 34.4. The molecule has 0 aromatic carbocycles. The Labute approximate surface area is 87.2 Å². The second kappa shape index (κ2) is 14.0. The van der Waals surface area contributed by atoms with Crippen LogP contribution in [-0.4, -0.2) is 38.6 Å². The number of hydrogen-bond donors (Lipinski definition) is 0. The molecule has 0 heterocycles. The first-order valence-corrected chi connectivity index (χ1v) is 3.94. The molecule has 0 rings (SSSR count). The third-order valence-corrected chi connectivity index (χ3v) is 0.615. The maximum absolute atomic E-state index is 10.2. The van der Waals surface area contributed by atoms with E-state index in [0.717, 1.165) is 12.5 Å². The summed E-state index contributed by atoms with van der Waals surface area (Å²) in [5, 5.41) is 0. The van der Waals surface area contributed by atoms with Gasteiger partial charge in [-0.15, -0.1) is 12.4 Å². The molecule has 0 radical (unpaired) electrons. The molecule has 0 aliphatic heterocycles. The van der Waals surface area contributed by atoms with Crippen LogP contribution in [0, 0.1) is 0 Å². The lowest BCUT2D eigenvalue weighted by atomic mass is 10.5. The number of carbonyl (C=O) groups excluding carboxylic acids is 1. The zero-order valence-electron chi connectivity index (χ0n) is 8.87. The lowest BCUT2D eigenvalue weighted by Crippen LogP contribution is -1.99. The normalized spacial score (nSPS) is 7.77. The molecule has 0 aromatic rings. The van der Waals surface area contributed by atoms with Gasteiger partial charge in [0, 0.05) is 6.08 Å². The molecule has 0 amide bonds. The zero-order chi connectivity index (χ0) is 9.98. The minimum atomic E-state index is -0.341. The van der Waals surface area contributed by atoms with Crippen LogP contribution < -0.4 is 0 Å². The van der Waals surface area contributed by atoms with Gasteiger partial charge in [-0.3, -0.25) is 0 Å². The van der Waals surface area contributed by atoms with Crippen molar-refractivity contribution < 1.29 is 9.53 Å². The van der Waals surface area contributed by atoms with Crippen LogP contribution in [0.3, 0.4) is 0 Å². The second-order valence-corrected chi connectivity index (χ2v) is 2.71. The van der Waals surface area contributed by atoms with Crippen molar-refractivity contribution in [2.24, 2.45) is 0 Å². The minimum absolute atomic E-state index is 0. The van der Waals surface area contributed by atoms with Gasteiger partial charge in [0.2, 0.25) is 0 Å². The highest BCUT2D eigenvalue weighted by molar-refractivity contribution is 5.85. The molecule has 0 saturated heterocycles. The average Bonchev–Trinajstić information content (AvgIpc) is 1.99. The average molecular weight is 210 g/mol. The van der Waals surface area contributed by atoms with Gasteiger partial charge in [0.1, 0.15) is 0 Å². The Morgan fingerprint density at radius 1 is 1.46 bits per heavy atom. The van der Waals surface area contributed by atoms with E-state index in [1.54, 1.807) is 0 Å². The van der Waals surface area contributed by atoms with Gasteiger partial charge in [-0.25, -0.2) is 4.79 Å². The van der Waals surface area contributed by atoms with E-state index in [9.17, 15) is 4.79 Å². The van der Waals surface area contributed by atoms with Gasteiger partial charge in [0.15, 0.2) is 0 Å². The highest BCUT2D eigenvalue weighted by atomic mass is 35.5. The number of nitrogens with zero attached hydrogens (tertiary/aromatic N) is 1. The first-order valence-electron chi connectivity index (χ1n) is 3.94. The fraction of sp³-hybridized carbons (Fsp3) is 0.667. The quantitative estimate of drug-likeness (QED) is 0.524. The maximum Gasteiger partial charge on any atom is 0.330 e. The largest absolute Gasteiger partial charge is 0.463 e. The van der Waals surface area contributed by atoms with E-state index in [0.29, 0.717) is 6.61 Å². The highest BCUT2D eigenvalue weighted by Gasteiger charge is 1.89. The molecule has 80 valence electrons. The predicted octanol–water partition coefficient (Wildman–Crippen LogP) is 1.73. The van der Waals surface area contributed by atoms with Gasteiger partial charge in [-0.1, -0.05) is 13.5 Å². The Morgan fingerprint density at radius 2 is 1.85 bits per heavy atom. The lowest BCUT2D eigenvalue weighted by Gasteiger charge is -1.94. The number of carbonyl (C=O) groups is 1. The van der Waals surface area contributed by atoms with Gasteiger partial charge < -0.3 is 9.64 Å². The van der Waals surface area contributed by atoms with E-state index < -0.39 is 0 Å². The Morgan fingerprint density at radius 3 is 2.08 bits per heavy atom. The molecule has 0 aliphatic rings. The van der Waals surface area contributed by atoms with Crippen LogP contribution in [0.1, 0.15) is 13.3 Å². The van der Waals surface area contributed by atoms with Crippen molar-refractivity contribution in [2.75, 3.05) is 27.7 Å². The Kier molecular flexibility index (Phi) is 19.7. The molecule has 0 bridgehead atoms. The van der Waals surface area contributed by atoms with Crippen LogP contribution in [-0.2, 0) is 9.53 Å². The van der Waals surface area contributed by atoms with Crippen molar-refractivity contribution in [3.05, 3.63) is 12.7 Å². The van der Waals surface area contributed by atoms with Gasteiger partial charge in [-0.05, 0) is 27.6 Å². The van der Waals surface area contributed by atoms with Crippen molar-refractivity contribution in [1.29, 1.82) is 0 Å². The van der Waals surface area contributed by atoms with E-state index in [-0.39, 0.29) is 18.4 Å². The molecule has 0 aromatic heterocycles. The summed E-state index contributed by atoms with van der Waals surface area (Å²) >= 11 is 0. The molecule has 0 saturated carbocycles. The second-order valence-electron chi connectivity index (χ2n) is 2.71. The third-order valence-electron chi connectivity index (χ3n) is 0.615. The summed E-state index contributed by atoms with van der Waals surface area (Å²) in [6.45, 7) is 5.67. The number of rotatable bonds is 3. The molecule has 4 heteroatoms. The Hall–Kier alpha value is -0.540. The first-order chi connectivity index (χ1) is 5.54. The minimum Gasteiger partial charge on any atom is -0.463 e. The lowest BCUT2D eigenvalue weighted by molar-refractivity contribution is -0.137. The first kappa shape index (κ1) is 18.3. The molecule has 0 spiro atoms. The number of esters is 1. The highest BCUT2D eigenvalue weighted by Crippen LogP contribution is 1.81. The molecule has 0 atom stereocenters. The summed E-state index contributed by atoms with van der Waals surface area (Å²) in [6.07, 6.45) is 2.02. The van der Waals surface area contributed by atoms with Crippen LogP contribution >= 0.6 is 12.4 Å². The summed E-state index contributed by atoms with van der Waals surface area (Å²) in [4.78, 5) is 12.2. The Bertz CT molecular complexity index is 124. The van der Waals surface area contributed by atoms with Crippen molar-refractivity contribution >= 4 is 18.4 Å². The Balaban J connectivity index is -0.000000173. The van der Waals surface area contributed by atoms with Crippen LogP contribution in [0.2, 0.25) is 0 Å². The summed E-state index contributed by atoms with van der Waals surface area (Å²) in [7, 11) is 6.00.